The van der Waals surface area contributed by atoms with Crippen molar-refractivity contribution in [2.75, 3.05) is 17.2 Å². The molecule has 1 saturated heterocycles. The van der Waals surface area contributed by atoms with Crippen molar-refractivity contribution in [3.05, 3.63) is 59.7 Å². The lowest BCUT2D eigenvalue weighted by Gasteiger charge is -2.29. The SMILES string of the molecule is O=C(NC1CCCCNC1=O)c1cccc(CN2C(=O)CSc3ccccc32)c1. The van der Waals surface area contributed by atoms with Gasteiger partial charge in [0.25, 0.3) is 5.91 Å². The lowest BCUT2D eigenvalue weighted by molar-refractivity contribution is -0.122. The zero-order chi connectivity index (χ0) is 20.2. The molecular formula is C22H23N3O3S. The van der Waals surface area contributed by atoms with Crippen molar-refractivity contribution >= 4 is 35.2 Å². The van der Waals surface area contributed by atoms with Crippen molar-refractivity contribution < 1.29 is 14.4 Å². The number of anilines is 1. The Hall–Kier alpha value is -2.80. The molecule has 2 heterocycles. The number of para-hydroxylation sites is 1. The van der Waals surface area contributed by atoms with E-state index in [0.717, 1.165) is 29.0 Å². The molecule has 1 unspecified atom stereocenters. The van der Waals surface area contributed by atoms with E-state index in [4.69, 9.17) is 0 Å². The van der Waals surface area contributed by atoms with Gasteiger partial charge in [-0.15, -0.1) is 11.8 Å². The van der Waals surface area contributed by atoms with Gasteiger partial charge in [-0.05, 0) is 49.1 Å². The monoisotopic (exact) mass is 409 g/mol. The maximum atomic E-state index is 12.7. The van der Waals surface area contributed by atoms with E-state index in [1.807, 2.05) is 36.4 Å². The van der Waals surface area contributed by atoms with E-state index >= 15 is 0 Å². The number of carbonyl (C=O) groups excluding carboxylic acids is 3. The number of amides is 3. The maximum absolute atomic E-state index is 12.7. The minimum Gasteiger partial charge on any atom is -0.354 e. The molecule has 0 aliphatic carbocycles. The Kier molecular flexibility index (Phi) is 5.85. The average molecular weight is 410 g/mol. The molecule has 0 aromatic heterocycles. The Bertz CT molecular complexity index is 946. The molecule has 2 aliphatic heterocycles. The van der Waals surface area contributed by atoms with Gasteiger partial charge in [0.2, 0.25) is 11.8 Å². The fourth-order valence-electron chi connectivity index (χ4n) is 3.64. The van der Waals surface area contributed by atoms with Gasteiger partial charge in [0.05, 0.1) is 18.0 Å². The molecule has 0 bridgehead atoms. The predicted octanol–water partition coefficient (Wildman–Crippen LogP) is 2.72. The zero-order valence-electron chi connectivity index (χ0n) is 16.0. The molecule has 0 radical (unpaired) electrons. The van der Waals surface area contributed by atoms with Crippen LogP contribution in [0.1, 0.15) is 35.2 Å². The van der Waals surface area contributed by atoms with E-state index in [-0.39, 0.29) is 17.7 Å². The van der Waals surface area contributed by atoms with Crippen LogP contribution in [0.3, 0.4) is 0 Å². The molecule has 0 saturated carbocycles. The third-order valence-corrected chi connectivity index (χ3v) is 6.23. The Labute approximate surface area is 174 Å². The number of carbonyl (C=O) groups is 3. The van der Waals surface area contributed by atoms with Crippen LogP contribution >= 0.6 is 11.8 Å². The van der Waals surface area contributed by atoms with Gasteiger partial charge in [-0.25, -0.2) is 0 Å². The first-order valence-corrected chi connectivity index (χ1v) is 10.8. The number of thioether (sulfide) groups is 1. The molecule has 2 N–H and O–H groups in total. The van der Waals surface area contributed by atoms with Gasteiger partial charge in [-0.1, -0.05) is 24.3 Å². The number of hydrogen-bond acceptors (Lipinski definition) is 4. The zero-order valence-corrected chi connectivity index (χ0v) is 16.8. The first-order valence-electron chi connectivity index (χ1n) is 9.81. The second-order valence-electron chi connectivity index (χ2n) is 7.25. The van der Waals surface area contributed by atoms with Crippen LogP contribution in [0, 0.1) is 0 Å². The molecule has 2 aromatic carbocycles. The lowest BCUT2D eigenvalue weighted by atomic mass is 10.1. The van der Waals surface area contributed by atoms with Crippen LogP contribution in [0.15, 0.2) is 53.4 Å². The second-order valence-corrected chi connectivity index (χ2v) is 8.27. The van der Waals surface area contributed by atoms with Gasteiger partial charge in [0, 0.05) is 17.0 Å². The average Bonchev–Trinajstić information content (AvgIpc) is 2.94. The highest BCUT2D eigenvalue weighted by Gasteiger charge is 2.25. The van der Waals surface area contributed by atoms with Crippen LogP contribution in [-0.4, -0.2) is 36.1 Å². The number of fused-ring (bicyclic) bond motifs is 1. The van der Waals surface area contributed by atoms with Gasteiger partial charge in [-0.3, -0.25) is 14.4 Å². The quantitative estimate of drug-likeness (QED) is 0.814. The largest absolute Gasteiger partial charge is 0.354 e. The van der Waals surface area contributed by atoms with Crippen molar-refractivity contribution in [3.63, 3.8) is 0 Å². The van der Waals surface area contributed by atoms with Crippen LogP contribution in [0.25, 0.3) is 0 Å². The molecule has 3 amide bonds. The second kappa shape index (κ2) is 8.69. The Morgan fingerprint density at radius 3 is 2.90 bits per heavy atom. The van der Waals surface area contributed by atoms with Crippen LogP contribution in [-0.2, 0) is 16.1 Å². The molecule has 150 valence electrons. The lowest BCUT2D eigenvalue weighted by Crippen LogP contribution is -2.45. The maximum Gasteiger partial charge on any atom is 0.251 e. The van der Waals surface area contributed by atoms with E-state index in [2.05, 4.69) is 10.6 Å². The first-order chi connectivity index (χ1) is 14.1. The number of nitrogens with zero attached hydrogens (tertiary/aromatic N) is 1. The minimum absolute atomic E-state index is 0.0543. The molecule has 4 rings (SSSR count). The highest BCUT2D eigenvalue weighted by atomic mass is 32.2. The number of nitrogens with one attached hydrogen (secondary N) is 2. The van der Waals surface area contributed by atoms with Gasteiger partial charge in [0.1, 0.15) is 6.04 Å². The fourth-order valence-corrected chi connectivity index (χ4v) is 4.58. The summed E-state index contributed by atoms with van der Waals surface area (Å²) in [5, 5.41) is 5.68. The molecule has 2 aromatic rings. The van der Waals surface area contributed by atoms with Gasteiger partial charge < -0.3 is 15.5 Å². The fraction of sp³-hybridized carbons (Fsp3) is 0.318. The summed E-state index contributed by atoms with van der Waals surface area (Å²) in [6, 6.07) is 14.6. The normalized spacial score (nSPS) is 19.2. The first kappa shape index (κ1) is 19.5. The van der Waals surface area contributed by atoms with Crippen LogP contribution in [0.5, 0.6) is 0 Å². The highest BCUT2D eigenvalue weighted by Crippen LogP contribution is 2.35. The molecule has 29 heavy (non-hydrogen) atoms. The topological polar surface area (TPSA) is 78.5 Å². The summed E-state index contributed by atoms with van der Waals surface area (Å²) < 4.78 is 0. The third-order valence-electron chi connectivity index (χ3n) is 5.18. The summed E-state index contributed by atoms with van der Waals surface area (Å²) in [5.41, 5.74) is 2.27. The van der Waals surface area contributed by atoms with E-state index in [9.17, 15) is 14.4 Å². The van der Waals surface area contributed by atoms with Crippen molar-refractivity contribution in [2.24, 2.45) is 0 Å². The standard InChI is InChI=1S/C22H23N3O3S/c26-20-14-29-19-10-2-1-9-18(19)25(20)13-15-6-5-7-16(12-15)21(27)24-17-8-3-4-11-23-22(17)28/h1-2,5-7,9-10,12,17H,3-4,8,11,13-14H2,(H,23,28)(H,24,27). The van der Waals surface area contributed by atoms with Crippen molar-refractivity contribution in [2.45, 2.75) is 36.7 Å². The smallest absolute Gasteiger partial charge is 0.251 e. The molecule has 6 nitrogen and oxygen atoms in total. The Morgan fingerprint density at radius 2 is 2.00 bits per heavy atom. The Morgan fingerprint density at radius 1 is 1.14 bits per heavy atom. The summed E-state index contributed by atoms with van der Waals surface area (Å²) in [7, 11) is 0. The number of benzene rings is 2. The summed E-state index contributed by atoms with van der Waals surface area (Å²) in [6.45, 7) is 1.06. The van der Waals surface area contributed by atoms with Crippen LogP contribution in [0.2, 0.25) is 0 Å². The third kappa shape index (κ3) is 4.45. The Balaban J connectivity index is 1.50. The van der Waals surface area contributed by atoms with E-state index in [0.29, 0.717) is 30.8 Å². The van der Waals surface area contributed by atoms with Gasteiger partial charge in [-0.2, -0.15) is 0 Å². The van der Waals surface area contributed by atoms with E-state index in [1.165, 1.54) is 0 Å². The molecule has 0 spiro atoms. The van der Waals surface area contributed by atoms with Crippen LogP contribution in [0.4, 0.5) is 5.69 Å². The number of hydrogen-bond donors (Lipinski definition) is 2. The van der Waals surface area contributed by atoms with E-state index in [1.54, 1.807) is 28.8 Å². The van der Waals surface area contributed by atoms with E-state index < -0.39 is 6.04 Å². The highest BCUT2D eigenvalue weighted by molar-refractivity contribution is 8.00. The minimum atomic E-state index is -0.499. The van der Waals surface area contributed by atoms with Crippen LogP contribution < -0.4 is 15.5 Å². The van der Waals surface area contributed by atoms with Crippen molar-refractivity contribution in [1.82, 2.24) is 10.6 Å². The van der Waals surface area contributed by atoms with Crippen molar-refractivity contribution in [3.8, 4) is 0 Å². The summed E-state index contributed by atoms with van der Waals surface area (Å²) in [6.07, 6.45) is 2.48. The van der Waals surface area contributed by atoms with Crippen molar-refractivity contribution in [1.29, 1.82) is 0 Å². The number of rotatable bonds is 4. The molecule has 1 atom stereocenters. The van der Waals surface area contributed by atoms with Gasteiger partial charge >= 0.3 is 0 Å². The molecular weight excluding hydrogens is 386 g/mol. The van der Waals surface area contributed by atoms with Gasteiger partial charge in [0.15, 0.2) is 0 Å². The summed E-state index contributed by atoms with van der Waals surface area (Å²) >= 11 is 1.55. The summed E-state index contributed by atoms with van der Waals surface area (Å²) in [5.74, 6) is 0.0714. The molecule has 2 aliphatic rings. The summed E-state index contributed by atoms with van der Waals surface area (Å²) in [4.78, 5) is 40.1. The molecule has 1 fully saturated rings. The predicted molar refractivity (Wildman–Crippen MR) is 113 cm³/mol. The molecule has 7 heteroatoms.